The lowest BCUT2D eigenvalue weighted by Gasteiger charge is -2.44. The Hall–Kier alpha value is -1.12. The van der Waals surface area contributed by atoms with Crippen LogP contribution in [0.25, 0.3) is 0 Å². The Morgan fingerprint density at radius 1 is 1.05 bits per heavy atom. The average molecular weight is 344 g/mol. The van der Waals surface area contributed by atoms with Crippen LogP contribution < -0.4 is 5.32 Å². The molecule has 0 atom stereocenters. The van der Waals surface area contributed by atoms with E-state index in [1.807, 2.05) is 0 Å². The summed E-state index contributed by atoms with van der Waals surface area (Å²) in [5.41, 5.74) is 7.41. The maximum absolute atomic E-state index is 3.61. The summed E-state index contributed by atoms with van der Waals surface area (Å²) < 4.78 is 1.17. The molecule has 0 unspecified atom stereocenters. The van der Waals surface area contributed by atoms with Gasteiger partial charge in [-0.25, -0.2) is 0 Å². The van der Waals surface area contributed by atoms with E-state index in [1.54, 1.807) is 0 Å². The fraction of sp³-hybridized carbons (Fsp3) is 0.368. The Morgan fingerprint density at radius 2 is 1.71 bits per heavy atom. The van der Waals surface area contributed by atoms with Crippen molar-refractivity contribution in [2.75, 3.05) is 13.1 Å². The van der Waals surface area contributed by atoms with Gasteiger partial charge in [0, 0.05) is 23.0 Å². The van der Waals surface area contributed by atoms with Crippen LogP contribution in [0.2, 0.25) is 0 Å². The van der Waals surface area contributed by atoms with Crippen molar-refractivity contribution in [2.45, 2.75) is 32.6 Å². The summed E-state index contributed by atoms with van der Waals surface area (Å²) in [6.45, 7) is 8.80. The number of nitrogens with one attached hydrogen (secondary N) is 1. The van der Waals surface area contributed by atoms with Crippen molar-refractivity contribution >= 4 is 15.9 Å². The Morgan fingerprint density at radius 3 is 2.24 bits per heavy atom. The van der Waals surface area contributed by atoms with Crippen molar-refractivity contribution in [1.82, 2.24) is 5.32 Å². The van der Waals surface area contributed by atoms with E-state index in [0.29, 0.717) is 0 Å². The van der Waals surface area contributed by atoms with Gasteiger partial charge in [0.15, 0.2) is 0 Å². The van der Waals surface area contributed by atoms with Gasteiger partial charge in [0.2, 0.25) is 0 Å². The maximum atomic E-state index is 3.61. The Bertz CT molecular complexity index is 648. The standard InChI is InChI=1S/C19H22BrN/c1-13-7-14(2)18(15(3)8-13)10-19(11-21-12-19)16-5-4-6-17(20)9-16/h4-9,21H,10-12H2,1-3H3. The number of rotatable bonds is 3. The Labute approximate surface area is 135 Å². The van der Waals surface area contributed by atoms with Crippen LogP contribution in [0.3, 0.4) is 0 Å². The van der Waals surface area contributed by atoms with E-state index in [9.17, 15) is 0 Å². The second-order valence-electron chi connectivity index (χ2n) is 6.45. The molecule has 0 aliphatic carbocycles. The molecule has 1 N–H and O–H groups in total. The molecule has 0 saturated carbocycles. The first-order chi connectivity index (χ1) is 10.00. The molecule has 1 nitrogen and oxygen atoms in total. The molecule has 3 rings (SSSR count). The van der Waals surface area contributed by atoms with Crippen LogP contribution in [-0.2, 0) is 11.8 Å². The van der Waals surface area contributed by atoms with Gasteiger partial charge in [0.25, 0.3) is 0 Å². The number of aryl methyl sites for hydroxylation is 3. The lowest BCUT2D eigenvalue weighted by atomic mass is 9.70. The summed E-state index contributed by atoms with van der Waals surface area (Å²) >= 11 is 3.61. The fourth-order valence-corrected chi connectivity index (χ4v) is 3.90. The molecule has 21 heavy (non-hydrogen) atoms. The highest BCUT2D eigenvalue weighted by atomic mass is 79.9. The predicted molar refractivity (Wildman–Crippen MR) is 93.0 cm³/mol. The molecule has 110 valence electrons. The SMILES string of the molecule is Cc1cc(C)c(CC2(c3cccc(Br)c3)CNC2)c(C)c1. The predicted octanol–water partition coefficient (Wildman–Crippen LogP) is 4.46. The molecule has 1 heterocycles. The molecule has 1 fully saturated rings. The lowest BCUT2D eigenvalue weighted by molar-refractivity contribution is 0.274. The average Bonchev–Trinajstić information content (AvgIpc) is 2.36. The fourth-order valence-electron chi connectivity index (χ4n) is 3.50. The molecule has 1 aliphatic rings. The van der Waals surface area contributed by atoms with Crippen LogP contribution in [0.1, 0.15) is 27.8 Å². The van der Waals surface area contributed by atoms with E-state index >= 15 is 0 Å². The first-order valence-electron chi connectivity index (χ1n) is 7.54. The summed E-state index contributed by atoms with van der Waals surface area (Å²) in [6.07, 6.45) is 1.12. The highest BCUT2D eigenvalue weighted by Crippen LogP contribution is 2.35. The van der Waals surface area contributed by atoms with Crippen molar-refractivity contribution in [2.24, 2.45) is 0 Å². The number of halogens is 1. The van der Waals surface area contributed by atoms with Crippen LogP contribution in [-0.4, -0.2) is 13.1 Å². The van der Waals surface area contributed by atoms with Crippen LogP contribution in [0, 0.1) is 20.8 Å². The van der Waals surface area contributed by atoms with Crippen molar-refractivity contribution in [1.29, 1.82) is 0 Å². The van der Waals surface area contributed by atoms with E-state index in [-0.39, 0.29) is 5.41 Å². The van der Waals surface area contributed by atoms with Gasteiger partial charge < -0.3 is 5.32 Å². The van der Waals surface area contributed by atoms with E-state index < -0.39 is 0 Å². The van der Waals surface area contributed by atoms with Gasteiger partial charge in [-0.1, -0.05) is 45.8 Å². The molecule has 0 bridgehead atoms. The molecule has 0 aromatic heterocycles. The molecule has 2 aromatic rings. The van der Waals surface area contributed by atoms with Crippen molar-refractivity contribution in [3.8, 4) is 0 Å². The second-order valence-corrected chi connectivity index (χ2v) is 7.36. The highest BCUT2D eigenvalue weighted by Gasteiger charge is 2.39. The summed E-state index contributed by atoms with van der Waals surface area (Å²) in [6, 6.07) is 13.4. The third kappa shape index (κ3) is 2.79. The zero-order valence-electron chi connectivity index (χ0n) is 13.0. The number of benzene rings is 2. The molecule has 2 heteroatoms. The third-order valence-electron chi connectivity index (χ3n) is 4.72. The monoisotopic (exact) mass is 343 g/mol. The molecule has 2 aromatic carbocycles. The summed E-state index contributed by atoms with van der Waals surface area (Å²) in [5, 5.41) is 3.48. The molecule has 0 radical (unpaired) electrons. The third-order valence-corrected chi connectivity index (χ3v) is 5.21. The van der Waals surface area contributed by atoms with E-state index in [0.717, 1.165) is 19.5 Å². The van der Waals surface area contributed by atoms with E-state index in [4.69, 9.17) is 0 Å². The van der Waals surface area contributed by atoms with Gasteiger partial charge in [-0.3, -0.25) is 0 Å². The number of hydrogen-bond donors (Lipinski definition) is 1. The minimum atomic E-state index is 0.245. The molecular formula is C19H22BrN. The van der Waals surface area contributed by atoms with Gasteiger partial charge in [-0.15, -0.1) is 0 Å². The van der Waals surface area contributed by atoms with Gasteiger partial charge in [-0.05, 0) is 61.6 Å². The van der Waals surface area contributed by atoms with Crippen molar-refractivity contribution < 1.29 is 0 Å². The first kappa shape index (κ1) is 14.8. The number of hydrogen-bond acceptors (Lipinski definition) is 1. The van der Waals surface area contributed by atoms with Crippen molar-refractivity contribution in [3.05, 3.63) is 68.7 Å². The van der Waals surface area contributed by atoms with E-state index in [1.165, 1.54) is 32.3 Å². The maximum Gasteiger partial charge on any atom is 0.0243 e. The highest BCUT2D eigenvalue weighted by molar-refractivity contribution is 9.10. The zero-order chi connectivity index (χ0) is 15.0. The summed E-state index contributed by atoms with van der Waals surface area (Å²) in [5.74, 6) is 0. The topological polar surface area (TPSA) is 12.0 Å². The minimum absolute atomic E-state index is 0.245. The normalized spacial score (nSPS) is 16.6. The smallest absolute Gasteiger partial charge is 0.0243 e. The zero-order valence-corrected chi connectivity index (χ0v) is 14.5. The lowest BCUT2D eigenvalue weighted by Crippen LogP contribution is -2.58. The van der Waals surface area contributed by atoms with Crippen molar-refractivity contribution in [3.63, 3.8) is 0 Å². The van der Waals surface area contributed by atoms with E-state index in [2.05, 4.69) is 78.4 Å². The quantitative estimate of drug-likeness (QED) is 0.867. The largest absolute Gasteiger partial charge is 0.315 e. The summed E-state index contributed by atoms with van der Waals surface area (Å²) in [7, 11) is 0. The van der Waals surface area contributed by atoms with Gasteiger partial charge >= 0.3 is 0 Å². The second kappa shape index (κ2) is 5.58. The van der Waals surface area contributed by atoms with Gasteiger partial charge in [-0.2, -0.15) is 0 Å². The Kier molecular flexibility index (Phi) is 3.94. The van der Waals surface area contributed by atoms with Crippen LogP contribution in [0.4, 0.5) is 0 Å². The Balaban J connectivity index is 1.99. The molecule has 1 saturated heterocycles. The molecular weight excluding hydrogens is 322 g/mol. The van der Waals surface area contributed by atoms with Gasteiger partial charge in [0.1, 0.15) is 0 Å². The van der Waals surface area contributed by atoms with Gasteiger partial charge in [0.05, 0.1) is 0 Å². The minimum Gasteiger partial charge on any atom is -0.315 e. The van der Waals surface area contributed by atoms with Crippen LogP contribution in [0.15, 0.2) is 40.9 Å². The molecule has 1 aliphatic heterocycles. The molecule has 0 spiro atoms. The van der Waals surface area contributed by atoms with Crippen LogP contribution in [0.5, 0.6) is 0 Å². The first-order valence-corrected chi connectivity index (χ1v) is 8.33. The summed E-state index contributed by atoms with van der Waals surface area (Å²) in [4.78, 5) is 0. The van der Waals surface area contributed by atoms with Crippen LogP contribution >= 0.6 is 15.9 Å². The molecule has 0 amide bonds.